The summed E-state index contributed by atoms with van der Waals surface area (Å²) in [6, 6.07) is 12.6. The summed E-state index contributed by atoms with van der Waals surface area (Å²) >= 11 is 0. The molecule has 32 heavy (non-hydrogen) atoms. The van der Waals surface area contributed by atoms with Crippen LogP contribution in [0.15, 0.2) is 65.8 Å². The van der Waals surface area contributed by atoms with E-state index in [0.29, 0.717) is 23.6 Å². The second-order valence-electron chi connectivity index (χ2n) is 6.72. The van der Waals surface area contributed by atoms with E-state index in [-0.39, 0.29) is 22.5 Å². The van der Waals surface area contributed by atoms with Crippen molar-refractivity contribution in [1.29, 1.82) is 0 Å². The molecule has 0 spiro atoms. The summed E-state index contributed by atoms with van der Waals surface area (Å²) in [7, 11) is -2.55. The van der Waals surface area contributed by atoms with Crippen LogP contribution >= 0.6 is 0 Å². The van der Waals surface area contributed by atoms with Crippen LogP contribution < -0.4 is 19.5 Å². The molecule has 3 aromatic rings. The lowest BCUT2D eigenvalue weighted by Crippen LogP contribution is -2.15. The Morgan fingerprint density at radius 1 is 1.00 bits per heavy atom. The highest BCUT2D eigenvalue weighted by atomic mass is 32.2. The molecule has 9 nitrogen and oxygen atoms in total. The van der Waals surface area contributed by atoms with Crippen molar-refractivity contribution in [2.75, 3.05) is 23.8 Å². The summed E-state index contributed by atoms with van der Waals surface area (Å²) in [6.07, 6.45) is 4.75. The maximum atomic E-state index is 12.6. The van der Waals surface area contributed by atoms with E-state index in [1.165, 1.54) is 43.8 Å². The quantitative estimate of drug-likeness (QED) is 0.446. The molecule has 0 aliphatic heterocycles. The third-order valence-corrected chi connectivity index (χ3v) is 5.75. The fourth-order valence-electron chi connectivity index (χ4n) is 2.69. The lowest BCUT2D eigenvalue weighted by Gasteiger charge is -2.11. The zero-order valence-electron chi connectivity index (χ0n) is 17.7. The Hall–Kier alpha value is -3.66. The SMILES string of the molecule is CCCCOc1ccc(C(=O)Nc2ccc(S(=O)(=O)Nc3nccnc3OC)cc2)cc1. The molecule has 3 rings (SSSR count). The van der Waals surface area contributed by atoms with Gasteiger partial charge in [0.15, 0.2) is 0 Å². The van der Waals surface area contributed by atoms with Crippen molar-refractivity contribution in [1.82, 2.24) is 9.97 Å². The summed E-state index contributed by atoms with van der Waals surface area (Å²) < 4.78 is 38.2. The van der Waals surface area contributed by atoms with Crippen molar-refractivity contribution in [2.24, 2.45) is 0 Å². The highest BCUT2D eigenvalue weighted by Crippen LogP contribution is 2.22. The third-order valence-electron chi connectivity index (χ3n) is 4.39. The van der Waals surface area contributed by atoms with Gasteiger partial charge in [-0.05, 0) is 55.0 Å². The van der Waals surface area contributed by atoms with Gasteiger partial charge >= 0.3 is 0 Å². The van der Waals surface area contributed by atoms with Crippen molar-refractivity contribution in [3.8, 4) is 11.6 Å². The number of carbonyl (C=O) groups excluding carboxylic acids is 1. The van der Waals surface area contributed by atoms with Gasteiger partial charge in [0.05, 0.1) is 18.6 Å². The van der Waals surface area contributed by atoms with Gasteiger partial charge in [0, 0.05) is 23.6 Å². The molecule has 2 N–H and O–H groups in total. The van der Waals surface area contributed by atoms with E-state index in [1.807, 2.05) is 0 Å². The van der Waals surface area contributed by atoms with E-state index < -0.39 is 10.0 Å². The van der Waals surface area contributed by atoms with E-state index in [1.54, 1.807) is 24.3 Å². The number of nitrogens with zero attached hydrogens (tertiary/aromatic N) is 2. The number of ether oxygens (including phenoxy) is 2. The van der Waals surface area contributed by atoms with Gasteiger partial charge < -0.3 is 14.8 Å². The van der Waals surface area contributed by atoms with E-state index >= 15 is 0 Å². The molecule has 0 atom stereocenters. The van der Waals surface area contributed by atoms with E-state index in [9.17, 15) is 13.2 Å². The Morgan fingerprint density at radius 3 is 2.34 bits per heavy atom. The molecule has 0 unspecified atom stereocenters. The van der Waals surface area contributed by atoms with Crippen LogP contribution in [0.4, 0.5) is 11.5 Å². The van der Waals surface area contributed by atoms with Crippen LogP contribution in [0.5, 0.6) is 11.6 Å². The smallest absolute Gasteiger partial charge is 0.263 e. The number of aromatic nitrogens is 2. The van der Waals surface area contributed by atoms with Gasteiger partial charge in [-0.3, -0.25) is 9.52 Å². The normalized spacial score (nSPS) is 10.9. The van der Waals surface area contributed by atoms with Crippen molar-refractivity contribution in [3.63, 3.8) is 0 Å². The summed E-state index contributed by atoms with van der Waals surface area (Å²) in [5, 5.41) is 2.74. The fourth-order valence-corrected chi connectivity index (χ4v) is 3.70. The third kappa shape index (κ3) is 5.94. The standard InChI is InChI=1S/C22H24N4O5S/c1-3-4-15-31-18-9-5-16(6-10-18)21(27)25-17-7-11-19(12-8-17)32(28,29)26-20-22(30-2)24-14-13-23-20/h5-14H,3-4,15H2,1-2H3,(H,23,26)(H,25,27). The molecule has 1 amide bonds. The molecule has 1 aromatic heterocycles. The maximum absolute atomic E-state index is 12.6. The molecule has 0 aliphatic carbocycles. The van der Waals surface area contributed by atoms with Gasteiger partial charge in [0.1, 0.15) is 5.75 Å². The molecule has 168 valence electrons. The molecule has 1 heterocycles. The lowest BCUT2D eigenvalue weighted by molar-refractivity contribution is 0.102. The van der Waals surface area contributed by atoms with Crippen LogP contribution in [-0.2, 0) is 10.0 Å². The molecule has 0 aliphatic rings. The summed E-state index contributed by atoms with van der Waals surface area (Å²) in [4.78, 5) is 20.3. The summed E-state index contributed by atoms with van der Waals surface area (Å²) in [5.74, 6) is 0.427. The van der Waals surface area contributed by atoms with E-state index in [2.05, 4.69) is 26.9 Å². The number of hydrogen-bond donors (Lipinski definition) is 2. The molecule has 2 aromatic carbocycles. The lowest BCUT2D eigenvalue weighted by atomic mass is 10.2. The molecule has 0 saturated heterocycles. The molecule has 0 saturated carbocycles. The van der Waals surface area contributed by atoms with Crippen molar-refractivity contribution in [3.05, 3.63) is 66.5 Å². The predicted molar refractivity (Wildman–Crippen MR) is 121 cm³/mol. The summed E-state index contributed by atoms with van der Waals surface area (Å²) in [5.41, 5.74) is 0.912. The zero-order valence-corrected chi connectivity index (χ0v) is 18.6. The second kappa shape index (κ2) is 10.6. The Kier molecular flexibility index (Phi) is 7.61. The first-order valence-corrected chi connectivity index (χ1v) is 11.4. The average molecular weight is 457 g/mol. The highest BCUT2D eigenvalue weighted by molar-refractivity contribution is 7.92. The van der Waals surface area contributed by atoms with Crippen molar-refractivity contribution in [2.45, 2.75) is 24.7 Å². The first kappa shape index (κ1) is 23.0. The maximum Gasteiger partial charge on any atom is 0.263 e. The highest BCUT2D eigenvalue weighted by Gasteiger charge is 2.18. The number of carbonyl (C=O) groups is 1. The Bertz CT molecular complexity index is 1150. The zero-order chi connectivity index (χ0) is 23.0. The number of anilines is 2. The van der Waals surface area contributed by atoms with Crippen LogP contribution in [0, 0.1) is 0 Å². The molecule has 10 heteroatoms. The van der Waals surface area contributed by atoms with Gasteiger partial charge in [-0.15, -0.1) is 0 Å². The number of rotatable bonds is 10. The number of amides is 1. The molecule has 0 radical (unpaired) electrons. The number of benzene rings is 2. The van der Waals surface area contributed by atoms with E-state index in [0.717, 1.165) is 12.8 Å². The average Bonchev–Trinajstić information content (AvgIpc) is 2.80. The molecule has 0 fully saturated rings. The first-order valence-electron chi connectivity index (χ1n) is 9.95. The topological polar surface area (TPSA) is 120 Å². The number of methoxy groups -OCH3 is 1. The number of hydrogen-bond acceptors (Lipinski definition) is 7. The first-order chi connectivity index (χ1) is 15.4. The van der Waals surface area contributed by atoms with Crippen molar-refractivity contribution < 1.29 is 22.7 Å². The molecular formula is C22H24N4O5S. The van der Waals surface area contributed by atoms with Crippen LogP contribution in [0.25, 0.3) is 0 Å². The van der Waals surface area contributed by atoms with E-state index in [4.69, 9.17) is 9.47 Å². The van der Waals surface area contributed by atoms with Gasteiger partial charge in [0.25, 0.3) is 21.8 Å². The number of nitrogens with one attached hydrogen (secondary N) is 2. The van der Waals surface area contributed by atoms with Gasteiger partial charge in [0.2, 0.25) is 5.82 Å². The van der Waals surface area contributed by atoms with Crippen LogP contribution in [0.3, 0.4) is 0 Å². The van der Waals surface area contributed by atoms with Gasteiger partial charge in [-0.1, -0.05) is 13.3 Å². The number of sulfonamides is 1. The largest absolute Gasteiger partial charge is 0.494 e. The predicted octanol–water partition coefficient (Wildman–Crippen LogP) is 3.72. The summed E-state index contributed by atoms with van der Waals surface area (Å²) in [6.45, 7) is 2.72. The van der Waals surface area contributed by atoms with Crippen LogP contribution in [-0.4, -0.2) is 38.0 Å². The minimum Gasteiger partial charge on any atom is -0.494 e. The Balaban J connectivity index is 1.64. The Labute approximate surface area is 186 Å². The minimum absolute atomic E-state index is 0.00298. The molecule has 0 bridgehead atoms. The Morgan fingerprint density at radius 2 is 1.69 bits per heavy atom. The van der Waals surface area contributed by atoms with Crippen molar-refractivity contribution >= 4 is 27.4 Å². The van der Waals surface area contributed by atoms with Crippen LogP contribution in [0.2, 0.25) is 0 Å². The fraction of sp³-hybridized carbons (Fsp3) is 0.227. The monoisotopic (exact) mass is 456 g/mol. The van der Waals surface area contributed by atoms with Gasteiger partial charge in [-0.2, -0.15) is 0 Å². The molecular weight excluding hydrogens is 432 g/mol. The second-order valence-corrected chi connectivity index (χ2v) is 8.41. The van der Waals surface area contributed by atoms with Crippen LogP contribution in [0.1, 0.15) is 30.1 Å². The minimum atomic E-state index is -3.92. The number of unbranched alkanes of at least 4 members (excludes halogenated alkanes) is 1. The van der Waals surface area contributed by atoms with Gasteiger partial charge in [-0.25, -0.2) is 18.4 Å².